The highest BCUT2D eigenvalue weighted by Crippen LogP contribution is 2.21. The van der Waals surface area contributed by atoms with Gasteiger partial charge in [0.05, 0.1) is 4.90 Å². The lowest BCUT2D eigenvalue weighted by Gasteiger charge is -2.08. The fourth-order valence-corrected chi connectivity index (χ4v) is 2.58. The molecule has 0 heterocycles. The Morgan fingerprint density at radius 2 is 1.64 bits per heavy atom. The van der Waals surface area contributed by atoms with Crippen molar-refractivity contribution >= 4 is 10.1 Å². The van der Waals surface area contributed by atoms with Gasteiger partial charge in [0.2, 0.25) is 0 Å². The summed E-state index contributed by atoms with van der Waals surface area (Å²) in [5.74, 6) is 0. The van der Waals surface area contributed by atoms with Crippen LogP contribution in [0.15, 0.2) is 17.0 Å². The Morgan fingerprint density at radius 1 is 1.21 bits per heavy atom. The molecule has 1 aromatic carbocycles. The van der Waals surface area contributed by atoms with Crippen LogP contribution in [0, 0.1) is 13.8 Å². The Kier molecular flexibility index (Phi) is 2.97. The average Bonchev–Trinajstić information content (AvgIpc) is 1.99. The highest BCUT2D eigenvalue weighted by atomic mass is 32.2. The van der Waals surface area contributed by atoms with Gasteiger partial charge in [-0.2, -0.15) is 8.42 Å². The molecule has 0 aliphatic rings. The summed E-state index contributed by atoms with van der Waals surface area (Å²) in [4.78, 5) is 0.0368. The minimum Gasteiger partial charge on any atom is -0.282 e. The maximum atomic E-state index is 11.0. The Labute approximate surface area is 84.5 Å². The molecule has 0 atom stereocenters. The molecule has 0 radical (unpaired) electrons. The predicted molar refractivity (Wildman–Crippen MR) is 55.1 cm³/mol. The molecule has 78 valence electrons. The van der Waals surface area contributed by atoms with Crippen molar-refractivity contribution in [1.82, 2.24) is 0 Å². The van der Waals surface area contributed by atoms with Crippen molar-refractivity contribution in [1.29, 1.82) is 0 Å². The van der Waals surface area contributed by atoms with Crippen LogP contribution < -0.4 is 0 Å². The second-order valence-corrected chi connectivity index (χ2v) is 4.75. The summed E-state index contributed by atoms with van der Waals surface area (Å²) in [7, 11) is -4.09. The molecular formula is C10H14O3S. The van der Waals surface area contributed by atoms with E-state index in [2.05, 4.69) is 0 Å². The van der Waals surface area contributed by atoms with Crippen molar-refractivity contribution in [2.45, 2.75) is 32.1 Å². The largest absolute Gasteiger partial charge is 0.295 e. The van der Waals surface area contributed by atoms with Gasteiger partial charge in [-0.3, -0.25) is 4.55 Å². The number of hydrogen-bond donors (Lipinski definition) is 1. The van der Waals surface area contributed by atoms with Crippen LogP contribution in [0.1, 0.15) is 23.6 Å². The number of aryl methyl sites for hydroxylation is 3. The van der Waals surface area contributed by atoms with Gasteiger partial charge in [0.15, 0.2) is 0 Å². The van der Waals surface area contributed by atoms with Crippen LogP contribution in [0.4, 0.5) is 0 Å². The van der Waals surface area contributed by atoms with Crippen molar-refractivity contribution in [2.24, 2.45) is 0 Å². The fraction of sp³-hybridized carbons (Fsp3) is 0.400. The van der Waals surface area contributed by atoms with E-state index in [1.165, 1.54) is 0 Å². The zero-order valence-electron chi connectivity index (χ0n) is 8.53. The number of rotatable bonds is 2. The average molecular weight is 214 g/mol. The third-order valence-corrected chi connectivity index (χ3v) is 3.35. The molecule has 14 heavy (non-hydrogen) atoms. The molecule has 0 unspecified atom stereocenters. The standard InChI is InChI=1S/C10H14O3S/c1-4-9-5-7(2)10(8(3)6-9)14(11,12)13/h5-6H,4H2,1-3H3,(H,11,12,13). The Bertz CT molecular complexity index is 423. The van der Waals surface area contributed by atoms with Crippen LogP contribution in [0.3, 0.4) is 0 Å². The molecule has 1 aromatic rings. The van der Waals surface area contributed by atoms with Crippen molar-refractivity contribution in [3.63, 3.8) is 0 Å². The van der Waals surface area contributed by atoms with Gasteiger partial charge in [-0.05, 0) is 37.0 Å². The van der Waals surface area contributed by atoms with Crippen LogP contribution in [0.5, 0.6) is 0 Å². The van der Waals surface area contributed by atoms with E-state index in [0.717, 1.165) is 12.0 Å². The van der Waals surface area contributed by atoms with E-state index in [-0.39, 0.29) is 4.90 Å². The zero-order chi connectivity index (χ0) is 10.9. The molecule has 0 aliphatic heterocycles. The summed E-state index contributed by atoms with van der Waals surface area (Å²) >= 11 is 0. The van der Waals surface area contributed by atoms with E-state index in [1.807, 2.05) is 6.92 Å². The maximum Gasteiger partial charge on any atom is 0.295 e. The maximum absolute atomic E-state index is 11.0. The van der Waals surface area contributed by atoms with E-state index in [4.69, 9.17) is 4.55 Å². The topological polar surface area (TPSA) is 54.4 Å². The van der Waals surface area contributed by atoms with Crippen molar-refractivity contribution < 1.29 is 13.0 Å². The molecule has 0 bridgehead atoms. The highest BCUT2D eigenvalue weighted by molar-refractivity contribution is 7.86. The van der Waals surface area contributed by atoms with Crippen LogP contribution in [0.2, 0.25) is 0 Å². The highest BCUT2D eigenvalue weighted by Gasteiger charge is 2.16. The molecule has 0 spiro atoms. The lowest BCUT2D eigenvalue weighted by molar-refractivity contribution is 0.482. The third kappa shape index (κ3) is 2.13. The number of hydrogen-bond acceptors (Lipinski definition) is 2. The van der Waals surface area contributed by atoms with Gasteiger partial charge in [-0.1, -0.05) is 19.1 Å². The first-order valence-corrected chi connectivity index (χ1v) is 5.88. The summed E-state index contributed by atoms with van der Waals surface area (Å²) in [5.41, 5.74) is 2.28. The van der Waals surface area contributed by atoms with Crippen LogP contribution in [-0.2, 0) is 16.5 Å². The summed E-state index contributed by atoms with van der Waals surface area (Å²) in [6.07, 6.45) is 0.855. The monoisotopic (exact) mass is 214 g/mol. The van der Waals surface area contributed by atoms with Crippen molar-refractivity contribution in [3.05, 3.63) is 28.8 Å². The first kappa shape index (κ1) is 11.2. The van der Waals surface area contributed by atoms with Gasteiger partial charge >= 0.3 is 0 Å². The zero-order valence-corrected chi connectivity index (χ0v) is 9.35. The van der Waals surface area contributed by atoms with Gasteiger partial charge in [0.1, 0.15) is 0 Å². The van der Waals surface area contributed by atoms with Crippen molar-refractivity contribution in [3.8, 4) is 0 Å². The Morgan fingerprint density at radius 3 is 1.93 bits per heavy atom. The fourth-order valence-electron chi connectivity index (χ4n) is 1.65. The molecule has 0 saturated carbocycles. The molecule has 3 nitrogen and oxygen atoms in total. The molecule has 1 N–H and O–H groups in total. The molecule has 0 amide bonds. The molecular weight excluding hydrogens is 200 g/mol. The SMILES string of the molecule is CCc1cc(C)c(S(=O)(=O)O)c(C)c1. The summed E-state index contributed by atoms with van der Waals surface area (Å²) in [6, 6.07) is 3.58. The van der Waals surface area contributed by atoms with Crippen LogP contribution in [-0.4, -0.2) is 13.0 Å². The van der Waals surface area contributed by atoms with Gasteiger partial charge in [0.25, 0.3) is 10.1 Å². The smallest absolute Gasteiger partial charge is 0.282 e. The lowest BCUT2D eigenvalue weighted by atomic mass is 10.1. The molecule has 0 saturated heterocycles. The molecule has 0 fully saturated rings. The molecule has 1 rings (SSSR count). The summed E-state index contributed by atoms with van der Waals surface area (Å²) in [6.45, 7) is 5.38. The normalized spacial score (nSPS) is 11.7. The van der Waals surface area contributed by atoms with Crippen LogP contribution >= 0.6 is 0 Å². The minimum absolute atomic E-state index is 0.0368. The molecule has 0 aliphatic carbocycles. The van der Waals surface area contributed by atoms with E-state index in [1.54, 1.807) is 26.0 Å². The van der Waals surface area contributed by atoms with Crippen LogP contribution in [0.25, 0.3) is 0 Å². The van der Waals surface area contributed by atoms with Gasteiger partial charge in [-0.25, -0.2) is 0 Å². The number of benzene rings is 1. The molecule has 4 heteroatoms. The Balaban J connectivity index is 3.48. The summed E-state index contributed by atoms with van der Waals surface area (Å²) in [5, 5.41) is 0. The third-order valence-electron chi connectivity index (χ3n) is 2.19. The second-order valence-electron chi connectivity index (χ2n) is 3.39. The van der Waals surface area contributed by atoms with E-state index < -0.39 is 10.1 Å². The Hall–Kier alpha value is -0.870. The van der Waals surface area contributed by atoms with E-state index in [9.17, 15) is 8.42 Å². The van der Waals surface area contributed by atoms with Gasteiger partial charge in [0, 0.05) is 0 Å². The van der Waals surface area contributed by atoms with Gasteiger partial charge < -0.3 is 0 Å². The lowest BCUT2D eigenvalue weighted by Crippen LogP contribution is -2.04. The predicted octanol–water partition coefficient (Wildman–Crippen LogP) is 2.11. The van der Waals surface area contributed by atoms with Crippen molar-refractivity contribution in [2.75, 3.05) is 0 Å². The van der Waals surface area contributed by atoms with E-state index >= 15 is 0 Å². The minimum atomic E-state index is -4.09. The first-order chi connectivity index (χ1) is 6.36. The van der Waals surface area contributed by atoms with Gasteiger partial charge in [-0.15, -0.1) is 0 Å². The quantitative estimate of drug-likeness (QED) is 0.767. The molecule has 0 aromatic heterocycles. The van der Waals surface area contributed by atoms with E-state index in [0.29, 0.717) is 11.1 Å². The first-order valence-electron chi connectivity index (χ1n) is 4.44. The summed E-state index contributed by atoms with van der Waals surface area (Å²) < 4.78 is 31.0. The second kappa shape index (κ2) is 3.71.